The van der Waals surface area contributed by atoms with Crippen LogP contribution in [0.1, 0.15) is 108 Å². The Morgan fingerprint density at radius 1 is 0.492 bits per heavy atom. The number of aromatic amines is 1. The first-order valence-corrected chi connectivity index (χ1v) is 38.7. The Kier molecular flexibility index (Phi) is 35.4. The molecule has 2 aromatic heterocycles. The fourth-order valence-electron chi connectivity index (χ4n) is 12.1. The van der Waals surface area contributed by atoms with Gasteiger partial charge in [-0.15, -0.1) is 11.3 Å². The number of aliphatic carboxylic acids is 5. The van der Waals surface area contributed by atoms with E-state index in [1.54, 1.807) is 30.3 Å². The van der Waals surface area contributed by atoms with Crippen molar-refractivity contribution >= 4 is 146 Å². The Labute approximate surface area is 712 Å². The highest BCUT2D eigenvalue weighted by molar-refractivity contribution is 7.17. The molecule has 0 saturated heterocycles. The zero-order chi connectivity index (χ0) is 94.5. The number of ketones is 2. The van der Waals surface area contributed by atoms with Crippen LogP contribution in [-0.4, -0.2) is 258 Å². The smallest absolute Gasteiger partial charge is 0.320 e. The van der Waals surface area contributed by atoms with Crippen LogP contribution in [0.5, 0.6) is 0 Å². The summed E-state index contributed by atoms with van der Waals surface area (Å²) in [5.41, 5.74) is 25.1. The maximum Gasteiger partial charge on any atom is 0.320 e. The maximum atomic E-state index is 14.6. The van der Waals surface area contributed by atoms with Crippen LogP contribution < -0.4 is 86.7 Å². The van der Waals surface area contributed by atoms with Crippen LogP contribution in [-0.2, 0) is 87.9 Å². The fourth-order valence-corrected chi connectivity index (χ4v) is 13.0. The van der Waals surface area contributed by atoms with Crippen molar-refractivity contribution in [2.75, 3.05) is 32.0 Å². The molecule has 0 saturated carbocycles. The van der Waals surface area contributed by atoms with Gasteiger partial charge < -0.3 is 127 Å². The van der Waals surface area contributed by atoms with Gasteiger partial charge in [0.05, 0.1) is 74.5 Å². The highest BCUT2D eigenvalue weighted by Crippen LogP contribution is 2.31. The lowest BCUT2D eigenvalue weighted by molar-refractivity contribution is -0.142. The summed E-state index contributed by atoms with van der Waals surface area (Å²) >= 11 is 1.01. The lowest BCUT2D eigenvalue weighted by atomic mass is 9.88. The second-order valence-electron chi connectivity index (χ2n) is 28.2. The first kappa shape index (κ1) is 93.4. The number of anilines is 1. The van der Waals surface area contributed by atoms with Gasteiger partial charge in [0.1, 0.15) is 60.4 Å². The Morgan fingerprint density at radius 2 is 1.02 bits per heavy atom. The molecule has 13 atom stereocenters. The van der Waals surface area contributed by atoms with Crippen molar-refractivity contribution in [3.8, 4) is 21.6 Å². The second kappa shape index (κ2) is 46.9. The highest BCUT2D eigenvalue weighted by atomic mass is 32.1. The van der Waals surface area contributed by atoms with Crippen molar-refractivity contribution in [3.05, 3.63) is 137 Å². The Hall–Kier alpha value is -14.4. The lowest BCUT2D eigenvalue weighted by Gasteiger charge is -2.26. The summed E-state index contributed by atoms with van der Waals surface area (Å²) in [6, 6.07) is 7.82. The number of carbonyl (C=O) groups is 20. The topological polar surface area (TPSA) is 747 Å². The molecule has 0 aliphatic heterocycles. The molecule has 0 aliphatic carbocycles. The fraction of sp³-hybridized carbons (Fsp3) is 0.367. The van der Waals surface area contributed by atoms with E-state index in [9.17, 15) is 132 Å². The van der Waals surface area contributed by atoms with Crippen LogP contribution in [0.2, 0.25) is 4.24 Å². The zero-order valence-corrected chi connectivity index (χ0v) is 67.3. The van der Waals surface area contributed by atoms with E-state index in [2.05, 4.69) is 26.3 Å². The molecule has 664 valence electrons. The molecule has 0 spiro atoms. The first-order chi connectivity index (χ1) is 59.9. The van der Waals surface area contributed by atoms with Crippen LogP contribution >= 0.6 is 11.3 Å². The Morgan fingerprint density at radius 3 is 1.62 bits per heavy atom. The molecule has 0 bridgehead atoms. The van der Waals surface area contributed by atoms with Crippen molar-refractivity contribution in [2.24, 2.45) is 23.1 Å². The largest absolute Gasteiger partial charge is 0.481 e. The molecule has 0 fully saturated rings. The number of aliphatic hydroxyl groups is 2. The number of fused-ring (bicyclic) bond motifs is 1. The van der Waals surface area contributed by atoms with Crippen LogP contribution in [0.15, 0.2) is 115 Å². The van der Waals surface area contributed by atoms with E-state index < -0.39 is 273 Å². The van der Waals surface area contributed by atoms with Gasteiger partial charge >= 0.3 is 29.8 Å². The average molecular weight is 1750 g/mol. The van der Waals surface area contributed by atoms with Crippen molar-refractivity contribution in [3.63, 3.8) is 0 Å². The van der Waals surface area contributed by atoms with Crippen LogP contribution in [0.25, 0.3) is 32.5 Å². The summed E-state index contributed by atoms with van der Waals surface area (Å²) in [6.07, 6.45) is -8.10. The summed E-state index contributed by atoms with van der Waals surface area (Å²) < 4.78 is 26.1. The van der Waals surface area contributed by atoms with Crippen LogP contribution in [0.4, 0.5) is 5.69 Å². The molecule has 0 aliphatic rings. The monoisotopic (exact) mass is 1750 g/mol. The molecule has 0 radical (unpaired) electrons. The summed E-state index contributed by atoms with van der Waals surface area (Å²) in [5.74, 6) is -30.0. The van der Waals surface area contributed by atoms with Gasteiger partial charge in [0, 0.05) is 45.9 Å². The molecule has 0 unspecified atom stereocenters. The predicted octanol–water partition coefficient (Wildman–Crippen LogP) is -4.51. The molecule has 4 aromatic carbocycles. The summed E-state index contributed by atoms with van der Waals surface area (Å²) in [4.78, 5) is 269. The van der Waals surface area contributed by atoms with Gasteiger partial charge in [-0.1, -0.05) is 85.8 Å². The molecule has 6 aromatic rings. The van der Waals surface area contributed by atoms with Crippen molar-refractivity contribution in [1.82, 2.24) is 68.8 Å². The third kappa shape index (κ3) is 29.8. The average Bonchev–Trinajstić information content (AvgIpc) is 1.64. The number of nitrogen functional groups attached to an aromatic ring is 1. The SMILES string of the molecule is [2H]N(CC(=O)N[C@@H](CO)C(=O)N[C@H](C(=O)c1cccc(C(=O)C[C@H](N)C(=O)O)c1N)[C@H](C)CC(=O)O)C(=O)[C@H](CC(=O)O)NC(=O)[C@H](C)NC(=O)[C@H](CC(=O)O)N([2H])C(=O)[C@H](CCCN)NC(=O)CNC(=O)[C@@H](NC(=O)[C@H](CC(=O)O)NC(=O)[C@H](CC(N)=O)NC(=O)[C@H](Cc1c[nH]c2ccccc12)N([2H])C(=O)c1ccc(-c2ccc(-c3ccccc3)cc2)s1)[C@@H](C)O. The van der Waals surface area contributed by atoms with Gasteiger partial charge in [0.15, 0.2) is 15.8 Å². The Balaban J connectivity index is 1.08. The van der Waals surface area contributed by atoms with Crippen LogP contribution in [0.3, 0.4) is 0 Å². The quantitative estimate of drug-likeness (QED) is 0.0126. The third-order valence-electron chi connectivity index (χ3n) is 18.6. The molecule has 13 amide bonds. The van der Waals surface area contributed by atoms with Gasteiger partial charge in [-0.05, 0) is 91.7 Å². The minimum absolute atomic E-state index is 0.0146. The normalized spacial score (nSPS) is 14.5. The summed E-state index contributed by atoms with van der Waals surface area (Å²) in [5, 5.41) is 88.3. The number of amides is 13. The number of nitrogens with two attached hydrogens (primary N) is 4. The van der Waals surface area contributed by atoms with E-state index in [-0.39, 0.29) is 40.4 Å². The number of nitrogens with one attached hydrogen (secondary N) is 13. The number of thiophene rings is 1. The number of hydrogen-bond donors (Lipinski definition) is 24. The number of hydrogen-bond acceptors (Lipinski definition) is 26. The first-order valence-electron chi connectivity index (χ1n) is 39.2. The lowest BCUT2D eigenvalue weighted by Crippen LogP contribution is -2.61. The van der Waals surface area contributed by atoms with E-state index in [0.717, 1.165) is 60.1 Å². The van der Waals surface area contributed by atoms with Crippen LogP contribution in [0, 0.1) is 5.92 Å². The number of Topliss-reactive ketones (excluding diaryl/α,β-unsaturated/α-hetero) is 2. The zero-order valence-electron chi connectivity index (χ0n) is 69.5. The number of aromatic nitrogens is 1. The molecular formula is C79H95N17O27S. The van der Waals surface area contributed by atoms with E-state index >= 15 is 0 Å². The van der Waals surface area contributed by atoms with E-state index in [0.29, 0.717) is 26.7 Å². The van der Waals surface area contributed by atoms with Gasteiger partial charge in [-0.25, -0.2) is 0 Å². The number of carboxylic acids is 5. The van der Waals surface area contributed by atoms with Gasteiger partial charge in [-0.3, -0.25) is 95.9 Å². The van der Waals surface area contributed by atoms with Gasteiger partial charge in [0.25, 0.3) is 5.91 Å². The van der Waals surface area contributed by atoms with E-state index in [1.165, 1.54) is 19.2 Å². The van der Waals surface area contributed by atoms with Crippen molar-refractivity contribution < 1.29 is 136 Å². The third-order valence-corrected chi connectivity index (χ3v) is 19.7. The molecule has 6 rings (SSSR count). The van der Waals surface area contributed by atoms with Crippen molar-refractivity contribution in [1.29, 1.82) is 0 Å². The van der Waals surface area contributed by atoms with E-state index in [1.807, 2.05) is 81.2 Å². The maximum absolute atomic E-state index is 14.6. The second-order valence-corrected chi connectivity index (χ2v) is 29.3. The number of benzene rings is 4. The van der Waals surface area contributed by atoms with E-state index in [4.69, 9.17) is 27.2 Å². The molecule has 124 heavy (non-hydrogen) atoms. The predicted molar refractivity (Wildman–Crippen MR) is 436 cm³/mol. The number of carbonyl (C=O) groups excluding carboxylic acids is 15. The van der Waals surface area contributed by atoms with Crippen molar-refractivity contribution in [2.45, 2.75) is 151 Å². The van der Waals surface area contributed by atoms with Gasteiger partial charge in [-0.2, -0.15) is 0 Å². The number of primary amides is 1. The van der Waals surface area contributed by atoms with Gasteiger partial charge in [0.2, 0.25) is 70.9 Å². The molecule has 44 nitrogen and oxygen atoms in total. The number of carboxylic acid groups (broad SMARTS) is 5. The minimum atomic E-state index is -2.42. The number of para-hydroxylation sites is 2. The summed E-state index contributed by atoms with van der Waals surface area (Å²) in [6.45, 7) is -1.08. The molecule has 2 heterocycles. The standard InChI is InChI=1S/C79H95N17O27S/c1-36(25-61(103)104)66(68(111)45-15-9-14-44(65(45)83)55(99)27-46(81)79(122)123)95-76(119)54(35-97)89-60(102)33-85-70(113)51(29-62(105)106)90-69(112)37(2)87-72(115)52(30-63(107)108)92-71(114)48(17-10-24-80)88-59(101)34-86-78(121)67(38(3)98)96-75(118)53(31-64(109)110)93-74(117)50(28-58(82)100)91-73(116)49(26-42-32-84-47-16-8-7-13-43(42)47)94-77(120)57-23-22-56(124-57)41-20-18-40(19-21-41)39-11-5-4-6-12-39/h4-9,11-16,18-23,32,36-38,46,48-54,66-67,84,97-98H,10,17,24-31,33-35,80-81,83H2,1-3H3,(H2,82,100)(H,85,113)(H,86,121)(H,87,115)(H,88,101)(H,89,102)(H,90,112)(H,91,116)(H,92,114)(H,93,117)(H,94,120)(H,95,119)(H,96,118)(H,103,104)(H,105,106)(H,107,108)(H,109,110)(H,122,123)/t36-,37+,38-,46+,48+,49+,50+,51+,52+,53+,54+,66+,67+/m1/s1/i/hD3. The number of rotatable bonds is 50. The molecular weight excluding hydrogens is 1650 g/mol. The minimum Gasteiger partial charge on any atom is -0.481 e. The highest BCUT2D eigenvalue weighted by Gasteiger charge is 2.39. The number of aliphatic hydroxyl groups excluding tert-OH is 2. The Bertz CT molecular complexity index is 5120. The molecule has 28 N–H and O–H groups in total. The number of H-pyrrole nitrogens is 1. The summed E-state index contributed by atoms with van der Waals surface area (Å²) in [7, 11) is 0. The molecule has 45 heteroatoms.